The molecule has 0 aliphatic carbocycles. The Balaban J connectivity index is 1.63. The van der Waals surface area contributed by atoms with Crippen molar-refractivity contribution >= 4 is 5.69 Å². The molecule has 1 fully saturated rings. The summed E-state index contributed by atoms with van der Waals surface area (Å²) in [7, 11) is 1.68. The van der Waals surface area contributed by atoms with Gasteiger partial charge >= 0.3 is 0 Å². The van der Waals surface area contributed by atoms with E-state index < -0.39 is 6.10 Å². The highest BCUT2D eigenvalue weighted by atomic mass is 16.5. The number of ether oxygens (including phenoxy) is 3. The number of hydrogen-bond donors (Lipinski definition) is 2. The molecule has 1 aliphatic heterocycles. The molecule has 2 N–H and O–H groups in total. The van der Waals surface area contributed by atoms with Crippen LogP contribution >= 0.6 is 0 Å². The Bertz CT molecular complexity index is 407. The average Bonchev–Trinajstić information content (AvgIpc) is 2.99. The predicted molar refractivity (Wildman–Crippen MR) is 81.4 cm³/mol. The number of nitrogens with one attached hydrogen (secondary N) is 1. The van der Waals surface area contributed by atoms with Gasteiger partial charge in [-0.15, -0.1) is 0 Å². The van der Waals surface area contributed by atoms with Crippen LogP contribution in [-0.2, 0) is 20.8 Å². The van der Waals surface area contributed by atoms with Crippen molar-refractivity contribution in [3.05, 3.63) is 29.8 Å². The summed E-state index contributed by atoms with van der Waals surface area (Å²) in [4.78, 5) is 0. The molecule has 0 bridgehead atoms. The van der Waals surface area contributed by atoms with Gasteiger partial charge in [-0.2, -0.15) is 0 Å². The van der Waals surface area contributed by atoms with Crippen molar-refractivity contribution in [1.82, 2.24) is 0 Å². The first-order chi connectivity index (χ1) is 10.3. The zero-order valence-corrected chi connectivity index (χ0v) is 12.6. The molecule has 0 radical (unpaired) electrons. The van der Waals surface area contributed by atoms with Gasteiger partial charge in [-0.05, 0) is 30.5 Å². The molecule has 0 spiro atoms. The maximum absolute atomic E-state index is 9.90. The molecule has 0 saturated carbocycles. The standard InChI is InChI=1S/C16H25NO4/c1-19-10-13-4-2-5-14(8-13)17-9-15(18)11-20-12-16-6-3-7-21-16/h2,4-5,8,15-18H,3,6-7,9-12H2,1H3. The van der Waals surface area contributed by atoms with Crippen LogP contribution in [0.15, 0.2) is 24.3 Å². The lowest BCUT2D eigenvalue weighted by atomic mass is 10.2. The molecular weight excluding hydrogens is 270 g/mol. The SMILES string of the molecule is COCc1cccc(NCC(O)COCC2CCCO2)c1. The number of benzene rings is 1. The molecule has 5 nitrogen and oxygen atoms in total. The van der Waals surface area contributed by atoms with Gasteiger partial charge in [0.05, 0.1) is 32.0 Å². The highest BCUT2D eigenvalue weighted by Gasteiger charge is 2.16. The monoisotopic (exact) mass is 295 g/mol. The summed E-state index contributed by atoms with van der Waals surface area (Å²) in [6.45, 7) is 2.77. The molecule has 1 aromatic rings. The molecule has 1 saturated heterocycles. The van der Waals surface area contributed by atoms with E-state index in [2.05, 4.69) is 5.32 Å². The summed E-state index contributed by atoms with van der Waals surface area (Å²) in [5.41, 5.74) is 2.08. The molecule has 2 atom stereocenters. The first-order valence-electron chi connectivity index (χ1n) is 7.47. The van der Waals surface area contributed by atoms with Gasteiger partial charge in [0.25, 0.3) is 0 Å². The van der Waals surface area contributed by atoms with Gasteiger partial charge in [-0.25, -0.2) is 0 Å². The van der Waals surface area contributed by atoms with Gasteiger partial charge in [0.2, 0.25) is 0 Å². The van der Waals surface area contributed by atoms with Crippen LogP contribution in [0.5, 0.6) is 0 Å². The molecule has 0 amide bonds. The van der Waals surface area contributed by atoms with Gasteiger partial charge in [0.15, 0.2) is 0 Å². The third-order valence-corrected chi connectivity index (χ3v) is 3.42. The minimum Gasteiger partial charge on any atom is -0.389 e. The first-order valence-corrected chi connectivity index (χ1v) is 7.47. The van der Waals surface area contributed by atoms with Crippen LogP contribution in [0.1, 0.15) is 18.4 Å². The Labute approximate surface area is 126 Å². The van der Waals surface area contributed by atoms with E-state index >= 15 is 0 Å². The van der Waals surface area contributed by atoms with E-state index in [9.17, 15) is 5.11 Å². The molecule has 1 heterocycles. The Hall–Kier alpha value is -1.14. The van der Waals surface area contributed by atoms with E-state index in [1.165, 1.54) is 0 Å². The average molecular weight is 295 g/mol. The zero-order valence-electron chi connectivity index (χ0n) is 12.6. The lowest BCUT2D eigenvalue weighted by molar-refractivity contribution is -0.0137. The van der Waals surface area contributed by atoms with Crippen LogP contribution in [0.2, 0.25) is 0 Å². The number of methoxy groups -OCH3 is 1. The van der Waals surface area contributed by atoms with Crippen molar-refractivity contribution < 1.29 is 19.3 Å². The summed E-state index contributed by atoms with van der Waals surface area (Å²) >= 11 is 0. The van der Waals surface area contributed by atoms with E-state index in [-0.39, 0.29) is 6.10 Å². The smallest absolute Gasteiger partial charge is 0.0945 e. The van der Waals surface area contributed by atoms with Crippen LogP contribution in [0.25, 0.3) is 0 Å². The highest BCUT2D eigenvalue weighted by molar-refractivity contribution is 5.45. The lowest BCUT2D eigenvalue weighted by Crippen LogP contribution is -2.27. The van der Waals surface area contributed by atoms with Crippen molar-refractivity contribution in [2.24, 2.45) is 0 Å². The van der Waals surface area contributed by atoms with Gasteiger partial charge in [0, 0.05) is 25.9 Å². The van der Waals surface area contributed by atoms with Gasteiger partial charge in [-0.1, -0.05) is 12.1 Å². The summed E-state index contributed by atoms with van der Waals surface area (Å²) in [6, 6.07) is 7.97. The maximum Gasteiger partial charge on any atom is 0.0945 e. The highest BCUT2D eigenvalue weighted by Crippen LogP contribution is 2.13. The van der Waals surface area contributed by atoms with Crippen LogP contribution in [-0.4, -0.2) is 50.8 Å². The summed E-state index contributed by atoms with van der Waals surface area (Å²) in [5, 5.41) is 13.1. The van der Waals surface area contributed by atoms with E-state index in [1.54, 1.807) is 7.11 Å². The Kier molecular flexibility index (Phi) is 6.95. The zero-order chi connectivity index (χ0) is 14.9. The minimum absolute atomic E-state index is 0.205. The fraction of sp³-hybridized carbons (Fsp3) is 0.625. The number of hydrogen-bond acceptors (Lipinski definition) is 5. The molecular formula is C16H25NO4. The van der Waals surface area contributed by atoms with E-state index in [1.807, 2.05) is 24.3 Å². The third-order valence-electron chi connectivity index (χ3n) is 3.42. The summed E-state index contributed by atoms with van der Waals surface area (Å²) < 4.78 is 16.1. The molecule has 21 heavy (non-hydrogen) atoms. The number of rotatable bonds is 9. The van der Waals surface area contributed by atoms with Crippen LogP contribution in [0, 0.1) is 0 Å². The second-order valence-corrected chi connectivity index (χ2v) is 5.34. The Morgan fingerprint density at radius 1 is 1.48 bits per heavy atom. The predicted octanol–water partition coefficient (Wildman–Crippen LogP) is 1.80. The fourth-order valence-electron chi connectivity index (χ4n) is 2.34. The van der Waals surface area contributed by atoms with E-state index in [4.69, 9.17) is 14.2 Å². The quantitative estimate of drug-likeness (QED) is 0.727. The normalized spacial score (nSPS) is 19.6. The lowest BCUT2D eigenvalue weighted by Gasteiger charge is -2.15. The van der Waals surface area contributed by atoms with Crippen molar-refractivity contribution in [2.45, 2.75) is 31.7 Å². The van der Waals surface area contributed by atoms with Crippen molar-refractivity contribution in [1.29, 1.82) is 0 Å². The van der Waals surface area contributed by atoms with Gasteiger partial charge < -0.3 is 24.6 Å². The molecule has 5 heteroatoms. The molecule has 1 aromatic carbocycles. The van der Waals surface area contributed by atoms with Gasteiger partial charge in [0.1, 0.15) is 0 Å². The second kappa shape index (κ2) is 9.00. The topological polar surface area (TPSA) is 60.0 Å². The molecule has 0 aromatic heterocycles. The van der Waals surface area contributed by atoms with E-state index in [0.717, 1.165) is 30.7 Å². The molecule has 2 rings (SSSR count). The van der Waals surface area contributed by atoms with Gasteiger partial charge in [-0.3, -0.25) is 0 Å². The largest absolute Gasteiger partial charge is 0.389 e. The van der Waals surface area contributed by atoms with Crippen molar-refractivity contribution in [3.8, 4) is 0 Å². The molecule has 118 valence electrons. The van der Waals surface area contributed by atoms with E-state index in [0.29, 0.717) is 26.4 Å². The first kappa shape index (κ1) is 16.2. The van der Waals surface area contributed by atoms with Crippen LogP contribution in [0.3, 0.4) is 0 Å². The number of aliphatic hydroxyl groups excluding tert-OH is 1. The maximum atomic E-state index is 9.90. The minimum atomic E-state index is -0.530. The van der Waals surface area contributed by atoms with Crippen LogP contribution in [0.4, 0.5) is 5.69 Å². The van der Waals surface area contributed by atoms with Crippen molar-refractivity contribution in [3.63, 3.8) is 0 Å². The Morgan fingerprint density at radius 2 is 2.38 bits per heavy atom. The van der Waals surface area contributed by atoms with Crippen LogP contribution < -0.4 is 5.32 Å². The summed E-state index contributed by atoms with van der Waals surface area (Å²) in [6.07, 6.45) is 1.84. The molecule has 1 aliphatic rings. The number of anilines is 1. The summed E-state index contributed by atoms with van der Waals surface area (Å²) in [5.74, 6) is 0. The number of aliphatic hydroxyl groups is 1. The fourth-order valence-corrected chi connectivity index (χ4v) is 2.34. The third kappa shape index (κ3) is 6.01. The van der Waals surface area contributed by atoms with Crippen molar-refractivity contribution in [2.75, 3.05) is 38.8 Å². The Morgan fingerprint density at radius 3 is 3.14 bits per heavy atom. The second-order valence-electron chi connectivity index (χ2n) is 5.34. The molecule has 2 unspecified atom stereocenters.